The van der Waals surface area contributed by atoms with Crippen molar-refractivity contribution >= 4 is 23.5 Å². The fourth-order valence-electron chi connectivity index (χ4n) is 1.82. The SMILES string of the molecule is Oc1ccc(-c2nnc(/C=C/c3cccc(O)c3)s2)cc1. The summed E-state index contributed by atoms with van der Waals surface area (Å²) in [6, 6.07) is 13.9. The Kier molecular flexibility index (Phi) is 3.66. The number of phenolic OH excluding ortho intramolecular Hbond substituents is 2. The Morgan fingerprint density at radius 2 is 1.67 bits per heavy atom. The van der Waals surface area contributed by atoms with E-state index < -0.39 is 0 Å². The highest BCUT2D eigenvalue weighted by Gasteiger charge is 2.04. The summed E-state index contributed by atoms with van der Waals surface area (Å²) in [5.74, 6) is 0.464. The van der Waals surface area contributed by atoms with E-state index in [0.717, 1.165) is 21.1 Å². The molecule has 0 saturated heterocycles. The molecule has 0 amide bonds. The topological polar surface area (TPSA) is 66.2 Å². The number of benzene rings is 2. The maximum Gasteiger partial charge on any atom is 0.148 e. The molecule has 0 aliphatic rings. The molecule has 0 bridgehead atoms. The van der Waals surface area contributed by atoms with Crippen LogP contribution in [0.2, 0.25) is 0 Å². The van der Waals surface area contributed by atoms with E-state index in [0.29, 0.717) is 0 Å². The van der Waals surface area contributed by atoms with Crippen LogP contribution in [0.5, 0.6) is 11.5 Å². The zero-order valence-corrected chi connectivity index (χ0v) is 11.8. The first-order chi connectivity index (χ1) is 10.2. The van der Waals surface area contributed by atoms with Crippen molar-refractivity contribution in [1.82, 2.24) is 10.2 Å². The molecule has 1 heterocycles. The van der Waals surface area contributed by atoms with Crippen molar-refractivity contribution in [3.63, 3.8) is 0 Å². The van der Waals surface area contributed by atoms with E-state index in [1.54, 1.807) is 42.5 Å². The summed E-state index contributed by atoms with van der Waals surface area (Å²) >= 11 is 1.46. The molecule has 0 aliphatic heterocycles. The van der Waals surface area contributed by atoms with E-state index in [1.165, 1.54) is 11.3 Å². The van der Waals surface area contributed by atoms with Gasteiger partial charge in [-0.1, -0.05) is 29.5 Å². The molecule has 0 radical (unpaired) electrons. The summed E-state index contributed by atoms with van der Waals surface area (Å²) in [7, 11) is 0. The Bertz CT molecular complexity index is 779. The van der Waals surface area contributed by atoms with Crippen LogP contribution in [-0.4, -0.2) is 20.4 Å². The molecule has 0 fully saturated rings. The lowest BCUT2D eigenvalue weighted by atomic mass is 10.2. The van der Waals surface area contributed by atoms with Gasteiger partial charge in [-0.2, -0.15) is 0 Å². The van der Waals surface area contributed by atoms with Crippen LogP contribution in [0, 0.1) is 0 Å². The molecule has 0 aliphatic carbocycles. The van der Waals surface area contributed by atoms with E-state index in [9.17, 15) is 10.2 Å². The molecule has 2 aromatic carbocycles. The average molecular weight is 296 g/mol. The van der Waals surface area contributed by atoms with Crippen molar-refractivity contribution < 1.29 is 10.2 Å². The second-order valence-electron chi connectivity index (χ2n) is 4.42. The Labute approximate surface area is 125 Å². The predicted molar refractivity (Wildman–Crippen MR) is 84.0 cm³/mol. The zero-order chi connectivity index (χ0) is 14.7. The molecule has 0 saturated carbocycles. The van der Waals surface area contributed by atoms with Crippen molar-refractivity contribution in [2.24, 2.45) is 0 Å². The van der Waals surface area contributed by atoms with Crippen LogP contribution in [0.25, 0.3) is 22.7 Å². The van der Waals surface area contributed by atoms with Gasteiger partial charge in [0.2, 0.25) is 0 Å². The zero-order valence-electron chi connectivity index (χ0n) is 11.0. The molecular weight excluding hydrogens is 284 g/mol. The van der Waals surface area contributed by atoms with Crippen LogP contribution in [0.15, 0.2) is 48.5 Å². The van der Waals surface area contributed by atoms with E-state index in [2.05, 4.69) is 10.2 Å². The fraction of sp³-hybridized carbons (Fsp3) is 0. The number of hydrogen-bond donors (Lipinski definition) is 2. The molecule has 21 heavy (non-hydrogen) atoms. The first-order valence-corrected chi connectivity index (χ1v) is 7.12. The van der Waals surface area contributed by atoms with Gasteiger partial charge < -0.3 is 10.2 Å². The van der Waals surface area contributed by atoms with Gasteiger partial charge in [-0.05, 0) is 48.0 Å². The normalized spacial score (nSPS) is 11.0. The van der Waals surface area contributed by atoms with Gasteiger partial charge in [-0.25, -0.2) is 0 Å². The average Bonchev–Trinajstić information content (AvgIpc) is 2.95. The standard InChI is InChI=1S/C16H12N2O2S/c19-13-7-5-12(6-8-13)16-18-17-15(21-16)9-4-11-2-1-3-14(20)10-11/h1-10,19-20H/b9-4+. The van der Waals surface area contributed by atoms with Gasteiger partial charge in [-0.3, -0.25) is 0 Å². The number of nitrogens with zero attached hydrogens (tertiary/aromatic N) is 2. The van der Waals surface area contributed by atoms with Crippen molar-refractivity contribution in [2.45, 2.75) is 0 Å². The second kappa shape index (κ2) is 5.76. The van der Waals surface area contributed by atoms with Crippen molar-refractivity contribution in [3.8, 4) is 22.1 Å². The molecule has 0 spiro atoms. The van der Waals surface area contributed by atoms with Crippen LogP contribution < -0.4 is 0 Å². The van der Waals surface area contributed by atoms with Gasteiger partial charge in [0.15, 0.2) is 0 Å². The maximum atomic E-state index is 9.41. The molecule has 2 N–H and O–H groups in total. The molecule has 1 aromatic heterocycles. The van der Waals surface area contributed by atoms with Gasteiger partial charge in [0.25, 0.3) is 0 Å². The Hall–Kier alpha value is -2.66. The summed E-state index contributed by atoms with van der Waals surface area (Å²) in [4.78, 5) is 0. The molecule has 4 nitrogen and oxygen atoms in total. The lowest BCUT2D eigenvalue weighted by Crippen LogP contribution is -1.75. The first kappa shape index (κ1) is 13.3. The van der Waals surface area contributed by atoms with E-state index >= 15 is 0 Å². The molecule has 3 aromatic rings. The highest BCUT2D eigenvalue weighted by Crippen LogP contribution is 2.26. The van der Waals surface area contributed by atoms with Gasteiger partial charge in [-0.15, -0.1) is 10.2 Å². The largest absolute Gasteiger partial charge is 0.508 e. The predicted octanol–water partition coefficient (Wildman–Crippen LogP) is 3.79. The number of aromatic nitrogens is 2. The monoisotopic (exact) mass is 296 g/mol. The van der Waals surface area contributed by atoms with Crippen LogP contribution >= 0.6 is 11.3 Å². The molecule has 3 rings (SSSR count). The van der Waals surface area contributed by atoms with E-state index in [-0.39, 0.29) is 11.5 Å². The first-order valence-electron chi connectivity index (χ1n) is 6.31. The van der Waals surface area contributed by atoms with Crippen LogP contribution in [0.1, 0.15) is 10.6 Å². The minimum atomic E-state index is 0.229. The maximum absolute atomic E-state index is 9.41. The minimum absolute atomic E-state index is 0.229. The highest BCUT2D eigenvalue weighted by molar-refractivity contribution is 7.15. The molecule has 0 atom stereocenters. The quantitative estimate of drug-likeness (QED) is 0.771. The van der Waals surface area contributed by atoms with Crippen LogP contribution in [0.3, 0.4) is 0 Å². The smallest absolute Gasteiger partial charge is 0.148 e. The Morgan fingerprint density at radius 1 is 0.857 bits per heavy atom. The fourth-order valence-corrected chi connectivity index (χ4v) is 2.57. The van der Waals surface area contributed by atoms with Crippen molar-refractivity contribution in [1.29, 1.82) is 0 Å². The summed E-state index contributed by atoms with van der Waals surface area (Å²) in [6.45, 7) is 0. The minimum Gasteiger partial charge on any atom is -0.508 e. The lowest BCUT2D eigenvalue weighted by molar-refractivity contribution is 0.474. The van der Waals surface area contributed by atoms with E-state index in [1.807, 2.05) is 18.2 Å². The molecular formula is C16H12N2O2S. The number of rotatable bonds is 3. The van der Waals surface area contributed by atoms with Gasteiger partial charge in [0, 0.05) is 5.56 Å². The van der Waals surface area contributed by atoms with Gasteiger partial charge in [0.05, 0.1) is 0 Å². The number of aromatic hydroxyl groups is 2. The van der Waals surface area contributed by atoms with Crippen LogP contribution in [0.4, 0.5) is 0 Å². The summed E-state index contributed by atoms with van der Waals surface area (Å²) in [5, 5.41) is 28.5. The summed E-state index contributed by atoms with van der Waals surface area (Å²) in [5.41, 5.74) is 1.82. The highest BCUT2D eigenvalue weighted by atomic mass is 32.1. The number of hydrogen-bond acceptors (Lipinski definition) is 5. The summed E-state index contributed by atoms with van der Waals surface area (Å²) in [6.07, 6.45) is 3.73. The Balaban J connectivity index is 1.80. The van der Waals surface area contributed by atoms with Crippen molar-refractivity contribution in [3.05, 3.63) is 59.1 Å². The van der Waals surface area contributed by atoms with E-state index in [4.69, 9.17) is 0 Å². The summed E-state index contributed by atoms with van der Waals surface area (Å²) < 4.78 is 0. The third-order valence-electron chi connectivity index (χ3n) is 2.84. The third kappa shape index (κ3) is 3.27. The van der Waals surface area contributed by atoms with Crippen LogP contribution in [-0.2, 0) is 0 Å². The Morgan fingerprint density at radius 3 is 2.43 bits per heavy atom. The lowest BCUT2D eigenvalue weighted by Gasteiger charge is -1.94. The van der Waals surface area contributed by atoms with Gasteiger partial charge >= 0.3 is 0 Å². The van der Waals surface area contributed by atoms with Crippen molar-refractivity contribution in [2.75, 3.05) is 0 Å². The molecule has 5 heteroatoms. The second-order valence-corrected chi connectivity index (χ2v) is 5.43. The van der Waals surface area contributed by atoms with Gasteiger partial charge in [0.1, 0.15) is 21.5 Å². The molecule has 0 unspecified atom stereocenters. The third-order valence-corrected chi connectivity index (χ3v) is 3.78. The number of phenols is 2. The molecule has 104 valence electrons.